The third kappa shape index (κ3) is 2.55. The van der Waals surface area contributed by atoms with Crippen LogP contribution in [0.1, 0.15) is 11.1 Å². The smallest absolute Gasteiger partial charge is 0.363 e. The molecule has 6 heteroatoms. The highest BCUT2D eigenvalue weighted by molar-refractivity contribution is 6.32. The van der Waals surface area contributed by atoms with Crippen LogP contribution in [0.4, 0.5) is 0 Å². The summed E-state index contributed by atoms with van der Waals surface area (Å²) < 4.78 is 15.8. The quantitative estimate of drug-likeness (QED) is 0.626. The Hall–Kier alpha value is -2.79. The first-order valence-corrected chi connectivity index (χ1v) is 7.25. The van der Waals surface area contributed by atoms with Crippen LogP contribution in [0.3, 0.4) is 0 Å². The molecule has 0 aliphatic carbocycles. The standard InChI is InChI=1S/C17H10ClNO4/c18-12-4-2-1-3-10(12)7-13-17(20)23-16(19-13)11-5-6-14-15(8-11)22-9-21-14/h1-8H,9H2/b13-7+. The largest absolute Gasteiger partial charge is 0.454 e. The third-order valence-corrected chi connectivity index (χ3v) is 3.78. The number of carbonyl (C=O) groups is 1. The summed E-state index contributed by atoms with van der Waals surface area (Å²) in [6, 6.07) is 12.4. The molecule has 4 rings (SSSR count). The van der Waals surface area contributed by atoms with Crippen LogP contribution in [0.2, 0.25) is 5.02 Å². The van der Waals surface area contributed by atoms with Gasteiger partial charge in [-0.3, -0.25) is 0 Å². The van der Waals surface area contributed by atoms with E-state index in [0.29, 0.717) is 27.6 Å². The van der Waals surface area contributed by atoms with Crippen LogP contribution in [0.5, 0.6) is 11.5 Å². The van der Waals surface area contributed by atoms with E-state index in [0.717, 1.165) is 0 Å². The summed E-state index contributed by atoms with van der Waals surface area (Å²) >= 11 is 6.09. The van der Waals surface area contributed by atoms with Gasteiger partial charge in [0.2, 0.25) is 12.7 Å². The fourth-order valence-corrected chi connectivity index (χ4v) is 2.49. The van der Waals surface area contributed by atoms with Gasteiger partial charge in [0.05, 0.1) is 0 Å². The van der Waals surface area contributed by atoms with Gasteiger partial charge in [0.1, 0.15) is 0 Å². The fourth-order valence-electron chi connectivity index (χ4n) is 2.30. The van der Waals surface area contributed by atoms with Crippen molar-refractivity contribution in [1.29, 1.82) is 0 Å². The summed E-state index contributed by atoms with van der Waals surface area (Å²) in [6.07, 6.45) is 1.60. The van der Waals surface area contributed by atoms with Gasteiger partial charge in [0, 0.05) is 10.6 Å². The van der Waals surface area contributed by atoms with Crippen LogP contribution in [-0.2, 0) is 9.53 Å². The Balaban J connectivity index is 1.69. The van der Waals surface area contributed by atoms with E-state index in [2.05, 4.69) is 4.99 Å². The number of carbonyl (C=O) groups excluding carboxylic acids is 1. The van der Waals surface area contributed by atoms with E-state index in [-0.39, 0.29) is 18.4 Å². The van der Waals surface area contributed by atoms with E-state index in [1.165, 1.54) is 0 Å². The lowest BCUT2D eigenvalue weighted by Gasteiger charge is -2.01. The summed E-state index contributed by atoms with van der Waals surface area (Å²) in [5.41, 5.74) is 1.55. The SMILES string of the molecule is O=C1OC(c2ccc3c(c2)OCO3)=N/C1=C/c1ccccc1Cl. The molecular weight excluding hydrogens is 318 g/mol. The highest BCUT2D eigenvalue weighted by Crippen LogP contribution is 2.33. The molecule has 0 N–H and O–H groups in total. The Bertz CT molecular complexity index is 873. The number of benzene rings is 2. The zero-order valence-electron chi connectivity index (χ0n) is 11.8. The molecule has 0 atom stereocenters. The lowest BCUT2D eigenvalue weighted by atomic mass is 10.2. The predicted molar refractivity (Wildman–Crippen MR) is 84.6 cm³/mol. The lowest BCUT2D eigenvalue weighted by molar-refractivity contribution is -0.129. The average Bonchev–Trinajstić information content (AvgIpc) is 3.16. The predicted octanol–water partition coefficient (Wildman–Crippen LogP) is 3.41. The summed E-state index contributed by atoms with van der Waals surface area (Å²) in [5.74, 6) is 0.972. The van der Waals surface area contributed by atoms with E-state index in [1.807, 2.05) is 12.1 Å². The maximum absolute atomic E-state index is 12.0. The van der Waals surface area contributed by atoms with E-state index in [1.54, 1.807) is 36.4 Å². The van der Waals surface area contributed by atoms with Gasteiger partial charge in [-0.05, 0) is 35.9 Å². The van der Waals surface area contributed by atoms with Gasteiger partial charge in [-0.2, -0.15) is 0 Å². The van der Waals surface area contributed by atoms with Crippen molar-refractivity contribution in [2.45, 2.75) is 0 Å². The molecule has 0 bridgehead atoms. The van der Waals surface area contributed by atoms with Crippen molar-refractivity contribution in [2.24, 2.45) is 4.99 Å². The molecule has 2 heterocycles. The monoisotopic (exact) mass is 327 g/mol. The second-order valence-corrected chi connectivity index (χ2v) is 5.33. The highest BCUT2D eigenvalue weighted by atomic mass is 35.5. The number of hydrogen-bond acceptors (Lipinski definition) is 5. The molecule has 0 amide bonds. The lowest BCUT2D eigenvalue weighted by Crippen LogP contribution is -2.05. The first kappa shape index (κ1) is 13.8. The second-order valence-electron chi connectivity index (χ2n) is 4.93. The van der Waals surface area contributed by atoms with Crippen molar-refractivity contribution < 1.29 is 19.0 Å². The second kappa shape index (κ2) is 5.44. The fraction of sp³-hybridized carbons (Fsp3) is 0.0588. The average molecular weight is 328 g/mol. The Morgan fingerprint density at radius 1 is 1.09 bits per heavy atom. The molecule has 2 aliphatic heterocycles. The van der Waals surface area contributed by atoms with Gasteiger partial charge in [-0.15, -0.1) is 0 Å². The first-order valence-electron chi connectivity index (χ1n) is 6.88. The minimum Gasteiger partial charge on any atom is -0.454 e. The molecule has 0 spiro atoms. The van der Waals surface area contributed by atoms with Crippen LogP contribution in [-0.4, -0.2) is 18.7 Å². The minimum atomic E-state index is -0.516. The van der Waals surface area contributed by atoms with Crippen LogP contribution in [0.15, 0.2) is 53.2 Å². The van der Waals surface area contributed by atoms with Crippen molar-refractivity contribution in [2.75, 3.05) is 6.79 Å². The molecule has 0 fully saturated rings. The summed E-state index contributed by atoms with van der Waals surface area (Å²) in [7, 11) is 0. The number of nitrogens with zero attached hydrogens (tertiary/aromatic N) is 1. The third-order valence-electron chi connectivity index (χ3n) is 3.44. The Kier molecular flexibility index (Phi) is 3.28. The molecule has 0 unspecified atom stereocenters. The number of ether oxygens (including phenoxy) is 3. The topological polar surface area (TPSA) is 57.1 Å². The first-order chi connectivity index (χ1) is 11.2. The van der Waals surface area contributed by atoms with Crippen molar-refractivity contribution in [1.82, 2.24) is 0 Å². The maximum atomic E-state index is 12.0. The van der Waals surface area contributed by atoms with Gasteiger partial charge in [-0.1, -0.05) is 29.8 Å². The summed E-state index contributed by atoms with van der Waals surface area (Å²) in [6.45, 7) is 0.183. The normalized spacial score (nSPS) is 17.3. The van der Waals surface area contributed by atoms with Crippen molar-refractivity contribution in [3.05, 3.63) is 64.3 Å². The summed E-state index contributed by atoms with van der Waals surface area (Å²) in [4.78, 5) is 16.3. The zero-order valence-corrected chi connectivity index (χ0v) is 12.5. The molecule has 2 aromatic carbocycles. The van der Waals surface area contributed by atoms with Gasteiger partial charge < -0.3 is 14.2 Å². The van der Waals surface area contributed by atoms with Crippen molar-refractivity contribution in [3.63, 3.8) is 0 Å². The number of halogens is 1. The molecule has 2 aromatic rings. The molecule has 114 valence electrons. The molecular formula is C17H10ClNO4. The Morgan fingerprint density at radius 3 is 2.78 bits per heavy atom. The molecule has 23 heavy (non-hydrogen) atoms. The molecule has 0 aromatic heterocycles. The van der Waals surface area contributed by atoms with Crippen LogP contribution in [0, 0.1) is 0 Å². The number of hydrogen-bond donors (Lipinski definition) is 0. The Morgan fingerprint density at radius 2 is 1.91 bits per heavy atom. The van der Waals surface area contributed by atoms with Gasteiger partial charge >= 0.3 is 5.97 Å². The van der Waals surface area contributed by atoms with Crippen LogP contribution in [0.25, 0.3) is 6.08 Å². The Labute approximate surface area is 136 Å². The van der Waals surface area contributed by atoms with E-state index >= 15 is 0 Å². The number of aliphatic imine (C=N–C) groups is 1. The van der Waals surface area contributed by atoms with Crippen LogP contribution < -0.4 is 9.47 Å². The number of fused-ring (bicyclic) bond motifs is 1. The molecule has 0 radical (unpaired) electrons. The van der Waals surface area contributed by atoms with E-state index in [9.17, 15) is 4.79 Å². The van der Waals surface area contributed by atoms with Gasteiger partial charge in [-0.25, -0.2) is 9.79 Å². The molecule has 5 nitrogen and oxygen atoms in total. The zero-order chi connectivity index (χ0) is 15.8. The van der Waals surface area contributed by atoms with Crippen molar-refractivity contribution >= 4 is 29.5 Å². The number of rotatable bonds is 2. The molecule has 0 saturated heterocycles. The van der Waals surface area contributed by atoms with Crippen LogP contribution >= 0.6 is 11.6 Å². The maximum Gasteiger partial charge on any atom is 0.363 e. The highest BCUT2D eigenvalue weighted by Gasteiger charge is 2.26. The summed E-state index contributed by atoms with van der Waals surface area (Å²) in [5, 5.41) is 0.541. The van der Waals surface area contributed by atoms with E-state index in [4.69, 9.17) is 25.8 Å². The number of esters is 1. The van der Waals surface area contributed by atoms with Gasteiger partial charge in [0.25, 0.3) is 0 Å². The molecule has 2 aliphatic rings. The van der Waals surface area contributed by atoms with Crippen molar-refractivity contribution in [3.8, 4) is 11.5 Å². The van der Waals surface area contributed by atoms with E-state index < -0.39 is 5.97 Å². The number of cyclic esters (lactones) is 1. The van der Waals surface area contributed by atoms with Gasteiger partial charge in [0.15, 0.2) is 17.2 Å². The minimum absolute atomic E-state index is 0.183. The molecule has 0 saturated carbocycles.